The molecular weight excluding hydrogens is 226 g/mol. The van der Waals surface area contributed by atoms with Crippen LogP contribution in [0.15, 0.2) is 30.9 Å². The number of quaternary nitrogens is 1. The highest BCUT2D eigenvalue weighted by atomic mass is 35.5. The quantitative estimate of drug-likeness (QED) is 0.615. The van der Waals surface area contributed by atoms with E-state index in [-0.39, 0.29) is 5.15 Å². The molecule has 0 aliphatic carbocycles. The number of nitrogens with two attached hydrogens (primary N) is 1. The maximum absolute atomic E-state index is 7.27. The Hall–Kier alpha value is -1.85. The summed E-state index contributed by atoms with van der Waals surface area (Å²) in [4.78, 5) is 11.9. The van der Waals surface area contributed by atoms with E-state index in [2.05, 4.69) is 15.0 Å². The van der Waals surface area contributed by atoms with Crippen LogP contribution in [0.5, 0.6) is 0 Å². The van der Waals surface area contributed by atoms with Gasteiger partial charge in [-0.25, -0.2) is 4.98 Å². The summed E-state index contributed by atoms with van der Waals surface area (Å²) in [5, 5.41) is 9.35. The lowest BCUT2D eigenvalue weighted by Gasteiger charge is -2.02. The van der Waals surface area contributed by atoms with Crippen molar-refractivity contribution in [1.82, 2.24) is 15.0 Å². The summed E-state index contributed by atoms with van der Waals surface area (Å²) < 4.78 is 0. The Morgan fingerprint density at radius 2 is 2.25 bits per heavy atom. The molecule has 0 atom stereocenters. The lowest BCUT2D eigenvalue weighted by molar-refractivity contribution is -0.483. The van der Waals surface area contributed by atoms with E-state index in [0.29, 0.717) is 11.4 Å². The van der Waals surface area contributed by atoms with Gasteiger partial charge in [0.15, 0.2) is 5.69 Å². The van der Waals surface area contributed by atoms with Gasteiger partial charge in [-0.2, -0.15) is 4.98 Å². The summed E-state index contributed by atoms with van der Waals surface area (Å²) in [6.07, 6.45) is 5.92. The van der Waals surface area contributed by atoms with Gasteiger partial charge in [-0.05, 0) is 6.07 Å². The normalized spacial score (nSPS) is 10.1. The second-order valence-electron chi connectivity index (χ2n) is 3.04. The third-order valence-corrected chi connectivity index (χ3v) is 2.30. The number of nitrogens with zero attached hydrogens (tertiary/aromatic N) is 3. The topological polar surface area (TPSA) is 79.1 Å². The Bertz CT molecular complexity index is 500. The summed E-state index contributed by atoms with van der Waals surface area (Å²) in [5.74, 6) is 0.614. The fourth-order valence-electron chi connectivity index (χ4n) is 1.25. The van der Waals surface area contributed by atoms with Crippen LogP contribution in [0.3, 0.4) is 0 Å². The Balaban J connectivity index is 2.35. The first-order valence-corrected chi connectivity index (χ1v) is 4.95. The second kappa shape index (κ2) is 4.78. The molecule has 0 aliphatic rings. The van der Waals surface area contributed by atoms with E-state index in [9.17, 15) is 0 Å². The molecule has 0 spiro atoms. The van der Waals surface area contributed by atoms with Crippen molar-refractivity contribution in [3.8, 4) is 0 Å². The molecule has 0 amide bonds. The minimum Gasteiger partial charge on any atom is -0.308 e. The van der Waals surface area contributed by atoms with Gasteiger partial charge < -0.3 is 5.41 Å². The Kier molecular flexibility index (Phi) is 3.19. The number of nitrogens with one attached hydrogen (secondary N) is 1. The smallest absolute Gasteiger partial charge is 0.242 e. The SMILES string of the molecule is N=Cc1c(Cl)ncnc1[NH2+]c1cccnc1. The van der Waals surface area contributed by atoms with Crippen LogP contribution in [0.1, 0.15) is 5.56 Å². The number of hydrogen-bond acceptors (Lipinski definition) is 4. The molecule has 2 aromatic rings. The minimum atomic E-state index is 0.278. The molecule has 0 saturated carbocycles. The van der Waals surface area contributed by atoms with Crippen LogP contribution in [0.2, 0.25) is 5.15 Å². The largest absolute Gasteiger partial charge is 0.308 e. The zero-order valence-corrected chi connectivity index (χ0v) is 9.02. The molecule has 0 aliphatic heterocycles. The van der Waals surface area contributed by atoms with Gasteiger partial charge >= 0.3 is 0 Å². The molecule has 0 saturated heterocycles. The van der Waals surface area contributed by atoms with Crippen molar-refractivity contribution in [3.05, 3.63) is 41.6 Å². The zero-order valence-electron chi connectivity index (χ0n) is 8.26. The van der Waals surface area contributed by atoms with E-state index in [4.69, 9.17) is 17.0 Å². The lowest BCUT2D eigenvalue weighted by Crippen LogP contribution is -2.72. The highest BCUT2D eigenvalue weighted by Crippen LogP contribution is 2.14. The van der Waals surface area contributed by atoms with E-state index in [1.165, 1.54) is 6.33 Å². The lowest BCUT2D eigenvalue weighted by atomic mass is 10.3. The highest BCUT2D eigenvalue weighted by Gasteiger charge is 2.11. The van der Waals surface area contributed by atoms with Crippen LogP contribution in [0.25, 0.3) is 0 Å². The maximum Gasteiger partial charge on any atom is 0.242 e. The standard InChI is InChI=1S/C10H8ClN5/c11-9-8(4-12)10(15-6-14-9)16-7-2-1-3-13-5-7/h1-6,12H,(H,14,15,16)/p+1. The first-order valence-electron chi connectivity index (χ1n) is 4.57. The van der Waals surface area contributed by atoms with Crippen molar-refractivity contribution in [2.75, 3.05) is 0 Å². The van der Waals surface area contributed by atoms with Gasteiger partial charge in [0.1, 0.15) is 17.0 Å². The molecule has 16 heavy (non-hydrogen) atoms. The predicted octanol–water partition coefficient (Wildman–Crippen LogP) is 1.05. The fourth-order valence-corrected chi connectivity index (χ4v) is 1.45. The molecule has 5 nitrogen and oxygen atoms in total. The molecular formula is C10H9ClN5+. The second-order valence-corrected chi connectivity index (χ2v) is 3.40. The van der Waals surface area contributed by atoms with Gasteiger partial charge in [0, 0.05) is 18.5 Å². The Labute approximate surface area is 97.1 Å². The summed E-state index contributed by atoms with van der Waals surface area (Å²) in [6.45, 7) is 0. The van der Waals surface area contributed by atoms with Crippen molar-refractivity contribution in [3.63, 3.8) is 0 Å². The fraction of sp³-hybridized carbons (Fsp3) is 0. The van der Waals surface area contributed by atoms with Gasteiger partial charge in [-0.15, -0.1) is 0 Å². The van der Waals surface area contributed by atoms with Gasteiger partial charge in [-0.3, -0.25) is 10.3 Å². The van der Waals surface area contributed by atoms with E-state index < -0.39 is 0 Å². The van der Waals surface area contributed by atoms with E-state index >= 15 is 0 Å². The van der Waals surface area contributed by atoms with Crippen LogP contribution < -0.4 is 5.32 Å². The zero-order chi connectivity index (χ0) is 11.4. The average Bonchev–Trinajstić information content (AvgIpc) is 2.31. The van der Waals surface area contributed by atoms with Gasteiger partial charge in [-0.1, -0.05) is 11.6 Å². The minimum absolute atomic E-state index is 0.278. The molecule has 2 aromatic heterocycles. The molecule has 6 heteroatoms. The number of hydrogen-bond donors (Lipinski definition) is 2. The summed E-state index contributed by atoms with van der Waals surface area (Å²) in [5.41, 5.74) is 1.41. The molecule has 3 N–H and O–H groups in total. The molecule has 2 rings (SSSR count). The Morgan fingerprint density at radius 1 is 1.38 bits per heavy atom. The van der Waals surface area contributed by atoms with Crippen molar-refractivity contribution >= 4 is 29.3 Å². The molecule has 0 fully saturated rings. The number of pyridine rings is 1. The molecule has 0 bridgehead atoms. The van der Waals surface area contributed by atoms with E-state index in [1.807, 2.05) is 12.1 Å². The number of rotatable bonds is 3. The predicted molar refractivity (Wildman–Crippen MR) is 60.4 cm³/mol. The number of aromatic nitrogens is 3. The van der Waals surface area contributed by atoms with Gasteiger partial charge in [0.25, 0.3) is 0 Å². The van der Waals surface area contributed by atoms with Crippen molar-refractivity contribution in [2.45, 2.75) is 0 Å². The molecule has 0 aromatic carbocycles. The first kappa shape index (κ1) is 10.7. The molecule has 0 radical (unpaired) electrons. The summed E-state index contributed by atoms with van der Waals surface area (Å²) in [7, 11) is 0. The molecule has 2 heterocycles. The molecule has 80 valence electrons. The third kappa shape index (κ3) is 2.21. The maximum atomic E-state index is 7.27. The summed E-state index contributed by atoms with van der Waals surface area (Å²) in [6, 6.07) is 3.73. The van der Waals surface area contributed by atoms with Crippen LogP contribution in [-0.4, -0.2) is 21.2 Å². The van der Waals surface area contributed by atoms with Crippen LogP contribution in [-0.2, 0) is 0 Å². The number of halogens is 1. The Morgan fingerprint density at radius 3 is 2.94 bits per heavy atom. The first-order chi connectivity index (χ1) is 7.81. The third-order valence-electron chi connectivity index (χ3n) is 2.00. The van der Waals surface area contributed by atoms with Crippen molar-refractivity contribution in [2.24, 2.45) is 0 Å². The van der Waals surface area contributed by atoms with Crippen LogP contribution in [0.4, 0.5) is 11.5 Å². The average molecular weight is 235 g/mol. The van der Waals surface area contributed by atoms with Crippen molar-refractivity contribution in [1.29, 1.82) is 5.41 Å². The van der Waals surface area contributed by atoms with Crippen LogP contribution >= 0.6 is 11.6 Å². The summed E-state index contributed by atoms with van der Waals surface area (Å²) >= 11 is 5.86. The van der Waals surface area contributed by atoms with E-state index in [0.717, 1.165) is 11.9 Å². The monoisotopic (exact) mass is 234 g/mol. The van der Waals surface area contributed by atoms with Gasteiger partial charge in [0.2, 0.25) is 5.82 Å². The van der Waals surface area contributed by atoms with Crippen LogP contribution in [0, 0.1) is 5.41 Å². The van der Waals surface area contributed by atoms with E-state index in [1.54, 1.807) is 17.7 Å². The molecule has 0 unspecified atom stereocenters. The van der Waals surface area contributed by atoms with Gasteiger partial charge in [0.05, 0.1) is 6.20 Å². The van der Waals surface area contributed by atoms with Crippen molar-refractivity contribution < 1.29 is 5.32 Å². The highest BCUT2D eigenvalue weighted by molar-refractivity contribution is 6.32.